The van der Waals surface area contributed by atoms with E-state index in [1.54, 1.807) is 12.1 Å². The van der Waals surface area contributed by atoms with Gasteiger partial charge in [-0.3, -0.25) is 0 Å². The molecule has 2 aliphatic rings. The summed E-state index contributed by atoms with van der Waals surface area (Å²) < 4.78 is 6.09. The molecule has 3 nitrogen and oxygen atoms in total. The standard InChI is InChI=1S/C27H27NO2/c29-21-13-11-20(12-14-21)27-24-10-4-9-23(24)25-18-22(15-16-26(25)28-27)30-17-5-8-19-6-2-1-3-7-19/h1-4,6-7,9,11-16,18,23-24,27-29H,5,8,10,17H2. The summed E-state index contributed by atoms with van der Waals surface area (Å²) in [7, 11) is 0. The Kier molecular flexibility index (Phi) is 5.18. The molecule has 0 fully saturated rings. The number of aromatic hydroxyl groups is 1. The van der Waals surface area contributed by atoms with Gasteiger partial charge in [-0.15, -0.1) is 0 Å². The van der Waals surface area contributed by atoms with Crippen molar-refractivity contribution in [2.75, 3.05) is 11.9 Å². The van der Waals surface area contributed by atoms with Crippen LogP contribution in [0.1, 0.15) is 41.5 Å². The Bertz CT molecular complexity index is 1030. The molecule has 0 bridgehead atoms. The maximum atomic E-state index is 9.64. The molecule has 5 rings (SSSR count). The number of nitrogens with one attached hydrogen (secondary N) is 1. The van der Waals surface area contributed by atoms with Crippen molar-refractivity contribution in [3.8, 4) is 11.5 Å². The van der Waals surface area contributed by atoms with E-state index < -0.39 is 0 Å². The Hall–Kier alpha value is -3.20. The third-order valence-electron chi connectivity index (χ3n) is 6.31. The number of fused-ring (bicyclic) bond motifs is 3. The molecular weight excluding hydrogens is 370 g/mol. The third-order valence-corrected chi connectivity index (χ3v) is 6.31. The summed E-state index contributed by atoms with van der Waals surface area (Å²) in [6.45, 7) is 0.723. The zero-order valence-electron chi connectivity index (χ0n) is 17.0. The number of phenols is 1. The lowest BCUT2D eigenvalue weighted by Gasteiger charge is -2.37. The SMILES string of the molecule is Oc1ccc(C2Nc3ccc(OCCCc4ccccc4)cc3C3C=CCC32)cc1. The summed E-state index contributed by atoms with van der Waals surface area (Å²) in [4.78, 5) is 0. The monoisotopic (exact) mass is 397 g/mol. The number of allylic oxidation sites excluding steroid dienone is 2. The maximum Gasteiger partial charge on any atom is 0.119 e. The topological polar surface area (TPSA) is 41.5 Å². The molecule has 30 heavy (non-hydrogen) atoms. The number of aryl methyl sites for hydroxylation is 1. The van der Waals surface area contributed by atoms with Crippen LogP contribution in [0, 0.1) is 5.92 Å². The smallest absolute Gasteiger partial charge is 0.119 e. The van der Waals surface area contributed by atoms with Gasteiger partial charge in [-0.2, -0.15) is 0 Å². The summed E-state index contributed by atoms with van der Waals surface area (Å²) in [6, 6.07) is 24.8. The average molecular weight is 398 g/mol. The van der Waals surface area contributed by atoms with Crippen molar-refractivity contribution >= 4 is 5.69 Å². The molecule has 0 amide bonds. The van der Waals surface area contributed by atoms with E-state index in [2.05, 4.69) is 66.0 Å². The normalized spacial score (nSPS) is 21.5. The molecule has 152 valence electrons. The number of ether oxygens (including phenoxy) is 1. The number of hydrogen-bond donors (Lipinski definition) is 2. The highest BCUT2D eigenvalue weighted by atomic mass is 16.5. The van der Waals surface area contributed by atoms with Crippen LogP contribution < -0.4 is 10.1 Å². The highest BCUT2D eigenvalue weighted by molar-refractivity contribution is 5.61. The number of hydrogen-bond acceptors (Lipinski definition) is 3. The number of anilines is 1. The fraction of sp³-hybridized carbons (Fsp3) is 0.259. The maximum absolute atomic E-state index is 9.64. The fourth-order valence-corrected chi connectivity index (χ4v) is 4.78. The zero-order chi connectivity index (χ0) is 20.3. The predicted octanol–water partition coefficient (Wildman–Crippen LogP) is 6.23. The molecule has 1 aliphatic carbocycles. The van der Waals surface area contributed by atoms with E-state index in [1.807, 2.05) is 12.1 Å². The van der Waals surface area contributed by atoms with Crippen molar-refractivity contribution < 1.29 is 9.84 Å². The van der Waals surface area contributed by atoms with Crippen molar-refractivity contribution in [3.63, 3.8) is 0 Å². The molecule has 1 heterocycles. The highest BCUT2D eigenvalue weighted by Gasteiger charge is 2.38. The molecule has 3 unspecified atom stereocenters. The van der Waals surface area contributed by atoms with E-state index in [0.717, 1.165) is 31.6 Å². The van der Waals surface area contributed by atoms with Crippen LogP contribution in [0.25, 0.3) is 0 Å². The Morgan fingerprint density at radius 3 is 2.63 bits per heavy atom. The lowest BCUT2D eigenvalue weighted by molar-refractivity contribution is 0.310. The average Bonchev–Trinajstić information content (AvgIpc) is 3.28. The highest BCUT2D eigenvalue weighted by Crippen LogP contribution is 2.50. The quantitative estimate of drug-likeness (QED) is 0.383. The summed E-state index contributed by atoms with van der Waals surface area (Å²) in [5, 5.41) is 13.4. The van der Waals surface area contributed by atoms with E-state index in [4.69, 9.17) is 4.74 Å². The molecule has 0 saturated carbocycles. The van der Waals surface area contributed by atoms with Crippen LogP contribution in [0.15, 0.2) is 84.9 Å². The summed E-state index contributed by atoms with van der Waals surface area (Å²) >= 11 is 0. The summed E-state index contributed by atoms with van der Waals surface area (Å²) in [5.41, 5.74) is 5.08. The van der Waals surface area contributed by atoms with Crippen LogP contribution >= 0.6 is 0 Å². The van der Waals surface area contributed by atoms with E-state index in [0.29, 0.717) is 17.6 Å². The number of benzene rings is 3. The Morgan fingerprint density at radius 1 is 0.967 bits per heavy atom. The van der Waals surface area contributed by atoms with Crippen molar-refractivity contribution in [3.05, 3.63) is 102 Å². The van der Waals surface area contributed by atoms with Crippen LogP contribution in [0.3, 0.4) is 0 Å². The van der Waals surface area contributed by atoms with E-state index in [1.165, 1.54) is 22.4 Å². The molecule has 0 aromatic heterocycles. The van der Waals surface area contributed by atoms with Crippen LogP contribution in [-0.4, -0.2) is 11.7 Å². The van der Waals surface area contributed by atoms with Crippen LogP contribution in [-0.2, 0) is 6.42 Å². The van der Waals surface area contributed by atoms with Crippen LogP contribution in [0.2, 0.25) is 0 Å². The molecule has 2 N–H and O–H groups in total. The summed E-state index contributed by atoms with van der Waals surface area (Å²) in [6.07, 6.45) is 7.75. The molecule has 3 aromatic carbocycles. The molecule has 0 saturated heterocycles. The third kappa shape index (κ3) is 3.80. The second-order valence-corrected chi connectivity index (χ2v) is 8.25. The van der Waals surface area contributed by atoms with Gasteiger partial charge in [-0.25, -0.2) is 0 Å². The second-order valence-electron chi connectivity index (χ2n) is 8.25. The first-order valence-electron chi connectivity index (χ1n) is 10.8. The van der Waals surface area contributed by atoms with Gasteiger partial charge < -0.3 is 15.2 Å². The van der Waals surface area contributed by atoms with Gasteiger partial charge in [-0.1, -0.05) is 54.6 Å². The Balaban J connectivity index is 1.29. The van der Waals surface area contributed by atoms with Gasteiger partial charge in [0.15, 0.2) is 0 Å². The Morgan fingerprint density at radius 2 is 1.80 bits per heavy atom. The largest absolute Gasteiger partial charge is 0.508 e. The van der Waals surface area contributed by atoms with Gasteiger partial charge >= 0.3 is 0 Å². The van der Waals surface area contributed by atoms with Crippen molar-refractivity contribution in [2.24, 2.45) is 5.92 Å². The van der Waals surface area contributed by atoms with E-state index in [-0.39, 0.29) is 6.04 Å². The minimum absolute atomic E-state index is 0.246. The second kappa shape index (κ2) is 8.27. The molecule has 3 heteroatoms. The molecule has 1 aliphatic heterocycles. The molecule has 0 radical (unpaired) electrons. The van der Waals surface area contributed by atoms with E-state index in [9.17, 15) is 5.11 Å². The first-order valence-corrected chi connectivity index (χ1v) is 10.8. The minimum atomic E-state index is 0.246. The fourth-order valence-electron chi connectivity index (χ4n) is 4.78. The first-order chi connectivity index (χ1) is 14.8. The van der Waals surface area contributed by atoms with Crippen molar-refractivity contribution in [1.82, 2.24) is 0 Å². The van der Waals surface area contributed by atoms with Gasteiger partial charge in [0, 0.05) is 11.6 Å². The molecular formula is C27H27NO2. The van der Waals surface area contributed by atoms with Crippen molar-refractivity contribution in [2.45, 2.75) is 31.2 Å². The van der Waals surface area contributed by atoms with Gasteiger partial charge in [-0.05, 0) is 72.2 Å². The Labute approximate surface area is 178 Å². The van der Waals surface area contributed by atoms with Crippen LogP contribution in [0.4, 0.5) is 5.69 Å². The van der Waals surface area contributed by atoms with Gasteiger partial charge in [0.1, 0.15) is 11.5 Å². The lowest BCUT2D eigenvalue weighted by Crippen LogP contribution is -2.29. The van der Waals surface area contributed by atoms with Crippen LogP contribution in [0.5, 0.6) is 11.5 Å². The van der Waals surface area contributed by atoms with Gasteiger partial charge in [0.25, 0.3) is 0 Å². The minimum Gasteiger partial charge on any atom is -0.508 e. The molecule has 3 atom stereocenters. The zero-order valence-corrected chi connectivity index (χ0v) is 17.0. The summed E-state index contributed by atoms with van der Waals surface area (Å²) in [5.74, 6) is 2.14. The number of rotatable bonds is 6. The van der Waals surface area contributed by atoms with Crippen molar-refractivity contribution in [1.29, 1.82) is 0 Å². The van der Waals surface area contributed by atoms with E-state index >= 15 is 0 Å². The first kappa shape index (κ1) is 18.8. The van der Waals surface area contributed by atoms with Gasteiger partial charge in [0.05, 0.1) is 12.6 Å². The number of phenolic OH excluding ortho intramolecular Hbond substituents is 1. The lowest BCUT2D eigenvalue weighted by atomic mass is 9.77. The predicted molar refractivity (Wildman–Crippen MR) is 121 cm³/mol. The molecule has 3 aromatic rings. The van der Waals surface area contributed by atoms with Gasteiger partial charge in [0.2, 0.25) is 0 Å². The molecule has 0 spiro atoms.